The Morgan fingerprint density at radius 3 is 2.50 bits per heavy atom. The van der Waals surface area contributed by atoms with E-state index >= 15 is 0 Å². The smallest absolute Gasteiger partial charge is 0.317 e. The van der Waals surface area contributed by atoms with Crippen molar-refractivity contribution in [3.05, 3.63) is 17.8 Å². The van der Waals surface area contributed by atoms with E-state index in [1.165, 1.54) is 13.2 Å². The highest BCUT2D eigenvalue weighted by Gasteiger charge is 2.32. The lowest BCUT2D eigenvalue weighted by Gasteiger charge is -2.19. The SMILES string of the molecule is COC(=O)C(C)(C)c1ccc(O)nn1. The van der Waals surface area contributed by atoms with Crippen LogP contribution >= 0.6 is 0 Å². The molecule has 0 radical (unpaired) electrons. The van der Waals surface area contributed by atoms with Gasteiger partial charge in [0.15, 0.2) is 0 Å². The maximum Gasteiger partial charge on any atom is 0.317 e. The molecule has 1 aromatic rings. The third-order valence-electron chi connectivity index (χ3n) is 1.99. The lowest BCUT2D eigenvalue weighted by atomic mass is 9.89. The summed E-state index contributed by atoms with van der Waals surface area (Å²) in [6.07, 6.45) is 0. The van der Waals surface area contributed by atoms with Gasteiger partial charge in [-0.05, 0) is 19.9 Å². The molecule has 5 heteroatoms. The molecule has 0 fully saturated rings. The summed E-state index contributed by atoms with van der Waals surface area (Å²) in [5.74, 6) is -0.563. The van der Waals surface area contributed by atoms with E-state index in [1.807, 2.05) is 0 Å². The van der Waals surface area contributed by atoms with Crippen LogP contribution < -0.4 is 0 Å². The fourth-order valence-corrected chi connectivity index (χ4v) is 1.02. The van der Waals surface area contributed by atoms with Crippen molar-refractivity contribution in [3.8, 4) is 5.88 Å². The zero-order valence-electron chi connectivity index (χ0n) is 8.31. The van der Waals surface area contributed by atoms with Gasteiger partial charge in [0, 0.05) is 6.07 Å². The Hall–Kier alpha value is -1.65. The standard InChI is InChI=1S/C9H12N2O3/c1-9(2,8(13)14-3)6-4-5-7(12)11-10-6/h4-5H,1-3H3,(H,11,12). The molecule has 0 bridgehead atoms. The Labute approximate surface area is 81.7 Å². The number of carbonyl (C=O) groups excluding carboxylic acids is 1. The van der Waals surface area contributed by atoms with E-state index in [2.05, 4.69) is 14.9 Å². The fourth-order valence-electron chi connectivity index (χ4n) is 1.02. The second-order valence-corrected chi connectivity index (χ2v) is 3.39. The monoisotopic (exact) mass is 196 g/mol. The average Bonchev–Trinajstić information content (AvgIpc) is 2.17. The highest BCUT2D eigenvalue weighted by Crippen LogP contribution is 2.22. The Kier molecular flexibility index (Phi) is 2.69. The van der Waals surface area contributed by atoms with Crippen molar-refractivity contribution < 1.29 is 14.6 Å². The van der Waals surface area contributed by atoms with Crippen molar-refractivity contribution in [2.24, 2.45) is 0 Å². The largest absolute Gasteiger partial charge is 0.492 e. The highest BCUT2D eigenvalue weighted by atomic mass is 16.5. The molecule has 0 aromatic carbocycles. The predicted octanol–water partition coefficient (Wildman–Crippen LogP) is 0.633. The number of ether oxygens (including phenoxy) is 1. The van der Waals surface area contributed by atoms with Gasteiger partial charge in [0.25, 0.3) is 0 Å². The summed E-state index contributed by atoms with van der Waals surface area (Å²) in [5.41, 5.74) is -0.391. The third-order valence-corrected chi connectivity index (χ3v) is 1.99. The van der Waals surface area contributed by atoms with Crippen molar-refractivity contribution >= 4 is 5.97 Å². The average molecular weight is 196 g/mol. The number of carbonyl (C=O) groups is 1. The minimum absolute atomic E-state index is 0.172. The fraction of sp³-hybridized carbons (Fsp3) is 0.444. The molecule has 0 unspecified atom stereocenters. The second kappa shape index (κ2) is 3.61. The molecule has 0 atom stereocenters. The van der Waals surface area contributed by atoms with Crippen molar-refractivity contribution in [2.45, 2.75) is 19.3 Å². The van der Waals surface area contributed by atoms with Gasteiger partial charge in [-0.25, -0.2) is 0 Å². The number of methoxy groups -OCH3 is 1. The molecule has 1 heterocycles. The summed E-state index contributed by atoms with van der Waals surface area (Å²) in [4.78, 5) is 11.4. The van der Waals surface area contributed by atoms with E-state index in [1.54, 1.807) is 19.9 Å². The topological polar surface area (TPSA) is 72.3 Å². The minimum Gasteiger partial charge on any atom is -0.492 e. The quantitative estimate of drug-likeness (QED) is 0.702. The number of hydrogen-bond donors (Lipinski definition) is 1. The molecular weight excluding hydrogens is 184 g/mol. The molecule has 0 aliphatic heterocycles. The molecule has 0 aliphatic carbocycles. The summed E-state index contributed by atoms with van der Waals surface area (Å²) in [7, 11) is 1.32. The third kappa shape index (κ3) is 1.81. The first-order valence-electron chi connectivity index (χ1n) is 4.10. The minimum atomic E-state index is -0.852. The number of aromatic hydroxyl groups is 1. The van der Waals surface area contributed by atoms with Crippen LogP contribution in [0.5, 0.6) is 5.88 Å². The van der Waals surface area contributed by atoms with E-state index in [0.29, 0.717) is 5.69 Å². The van der Waals surface area contributed by atoms with Gasteiger partial charge in [-0.2, -0.15) is 5.10 Å². The van der Waals surface area contributed by atoms with Gasteiger partial charge in [0.1, 0.15) is 5.41 Å². The molecule has 5 nitrogen and oxygen atoms in total. The molecule has 1 aromatic heterocycles. The molecule has 1 rings (SSSR count). The van der Waals surface area contributed by atoms with Gasteiger partial charge < -0.3 is 9.84 Å². The zero-order valence-corrected chi connectivity index (χ0v) is 8.31. The van der Waals surface area contributed by atoms with Crippen LogP contribution in [0.25, 0.3) is 0 Å². The molecule has 0 amide bonds. The number of rotatable bonds is 2. The summed E-state index contributed by atoms with van der Waals surface area (Å²) >= 11 is 0. The molecule has 0 saturated heterocycles. The summed E-state index contributed by atoms with van der Waals surface area (Å²) in [5, 5.41) is 16.1. The Balaban J connectivity index is 3.03. The molecule has 14 heavy (non-hydrogen) atoms. The molecule has 76 valence electrons. The van der Waals surface area contributed by atoms with Gasteiger partial charge >= 0.3 is 5.97 Å². The Bertz CT molecular complexity index is 332. The van der Waals surface area contributed by atoms with Crippen molar-refractivity contribution in [1.82, 2.24) is 10.2 Å². The first-order valence-corrected chi connectivity index (χ1v) is 4.10. The van der Waals surface area contributed by atoms with E-state index < -0.39 is 11.4 Å². The number of aromatic nitrogens is 2. The van der Waals surface area contributed by atoms with Crippen LogP contribution in [-0.4, -0.2) is 28.4 Å². The second-order valence-electron chi connectivity index (χ2n) is 3.39. The van der Waals surface area contributed by atoms with E-state index in [9.17, 15) is 4.79 Å². The van der Waals surface area contributed by atoms with Crippen molar-refractivity contribution in [3.63, 3.8) is 0 Å². The molecule has 0 saturated carbocycles. The maximum absolute atomic E-state index is 11.4. The van der Waals surface area contributed by atoms with Gasteiger partial charge in [-0.15, -0.1) is 5.10 Å². The number of hydrogen-bond acceptors (Lipinski definition) is 5. The van der Waals surface area contributed by atoms with Gasteiger partial charge in [0.2, 0.25) is 5.88 Å². The van der Waals surface area contributed by atoms with Gasteiger partial charge in [-0.3, -0.25) is 4.79 Å². The molecular formula is C9H12N2O3. The van der Waals surface area contributed by atoms with Crippen LogP contribution in [0.3, 0.4) is 0 Å². The van der Waals surface area contributed by atoms with Crippen LogP contribution in [0.15, 0.2) is 12.1 Å². The summed E-state index contributed by atoms with van der Waals surface area (Å²) in [6, 6.07) is 2.92. The molecule has 1 N–H and O–H groups in total. The Morgan fingerprint density at radius 1 is 1.43 bits per heavy atom. The van der Waals surface area contributed by atoms with E-state index in [4.69, 9.17) is 5.11 Å². The van der Waals surface area contributed by atoms with E-state index in [-0.39, 0.29) is 5.88 Å². The lowest BCUT2D eigenvalue weighted by molar-refractivity contribution is -0.146. The summed E-state index contributed by atoms with van der Waals surface area (Å²) < 4.78 is 4.63. The zero-order chi connectivity index (χ0) is 10.8. The predicted molar refractivity (Wildman–Crippen MR) is 48.7 cm³/mol. The first kappa shape index (κ1) is 10.4. The van der Waals surface area contributed by atoms with Gasteiger partial charge in [-0.1, -0.05) is 0 Å². The highest BCUT2D eigenvalue weighted by molar-refractivity contribution is 5.81. The lowest BCUT2D eigenvalue weighted by Crippen LogP contribution is -2.31. The van der Waals surface area contributed by atoms with Crippen LogP contribution in [0.4, 0.5) is 0 Å². The van der Waals surface area contributed by atoms with Crippen molar-refractivity contribution in [2.75, 3.05) is 7.11 Å². The van der Waals surface area contributed by atoms with Crippen LogP contribution in [0, 0.1) is 0 Å². The maximum atomic E-state index is 11.4. The summed E-state index contributed by atoms with van der Waals surface area (Å²) in [6.45, 7) is 3.36. The molecule has 0 spiro atoms. The van der Waals surface area contributed by atoms with Crippen LogP contribution in [0.1, 0.15) is 19.5 Å². The Morgan fingerprint density at radius 2 is 2.07 bits per heavy atom. The first-order chi connectivity index (χ1) is 6.48. The normalized spacial score (nSPS) is 11.1. The molecule has 0 aliphatic rings. The van der Waals surface area contributed by atoms with Gasteiger partial charge in [0.05, 0.1) is 12.8 Å². The van der Waals surface area contributed by atoms with Crippen molar-refractivity contribution in [1.29, 1.82) is 0 Å². The number of nitrogens with zero attached hydrogens (tertiary/aromatic N) is 2. The number of esters is 1. The van der Waals surface area contributed by atoms with E-state index in [0.717, 1.165) is 0 Å². The van der Waals surface area contributed by atoms with Crippen LogP contribution in [0.2, 0.25) is 0 Å². The van der Waals surface area contributed by atoms with Crippen LogP contribution in [-0.2, 0) is 14.9 Å².